The zero-order valence-electron chi connectivity index (χ0n) is 25.2. The third kappa shape index (κ3) is 74.7. The Balaban J connectivity index is -0.0000000298. The molecule has 0 aliphatic heterocycles. The van der Waals surface area contributed by atoms with Gasteiger partial charge in [-0.15, -0.1) is 0 Å². The maximum Gasteiger partial charge on any atom is 0 e. The third-order valence-electron chi connectivity index (χ3n) is 2.68. The summed E-state index contributed by atoms with van der Waals surface area (Å²) in [5.74, 6) is 0. The first kappa shape index (κ1) is 84.3. The van der Waals surface area contributed by atoms with Crippen LogP contribution >= 0.6 is 0 Å². The van der Waals surface area contributed by atoms with E-state index in [4.69, 9.17) is 15.6 Å². The van der Waals surface area contributed by atoms with E-state index < -0.39 is 17.6 Å². The van der Waals surface area contributed by atoms with Gasteiger partial charge in [0.15, 0.2) is 0 Å². The van der Waals surface area contributed by atoms with Gasteiger partial charge in [-0.3, -0.25) is 0 Å². The molecule has 0 spiro atoms. The maximum atomic E-state index is 9.75. The number of nitrogens with two attached hydrogens (primary N) is 2. The summed E-state index contributed by atoms with van der Waals surface area (Å²) < 4.78 is 4.83. The molecule has 0 aliphatic carbocycles. The zero-order chi connectivity index (χ0) is 20.2. The average Bonchev–Trinajstić information content (AvgIpc) is 2.57. The SMILES string of the molecule is NCCNCCC[Si](O)(O)O[Si](O)(O)CCCNCCN.[CH3-].[CH3-].[CH3-].[CH3-].[CH3-].[CH3-].[CH3-].[CH3-].[K][K].[K][K].[W].[W]. The Kier molecular flexibility index (Phi) is 156. The monoisotopic (exact) mass is 986 g/mol. The van der Waals surface area contributed by atoms with Crippen LogP contribution in [0.25, 0.3) is 0 Å². The molecule has 17 heteroatoms. The molecule has 9 nitrogen and oxygen atoms in total. The van der Waals surface area contributed by atoms with Crippen LogP contribution in [0.2, 0.25) is 12.1 Å². The van der Waals surface area contributed by atoms with Gasteiger partial charge in [0, 0.05) is 80.4 Å². The molecule has 0 aromatic rings. The van der Waals surface area contributed by atoms with E-state index in [-0.39, 0.29) is 114 Å². The minimum absolute atomic E-state index is 0. The van der Waals surface area contributed by atoms with Gasteiger partial charge in [-0.25, -0.2) is 0 Å². The first-order valence-electron chi connectivity index (χ1n) is 9.24. The molecule has 35 heavy (non-hydrogen) atoms. The topological polar surface area (TPSA) is 166 Å². The number of hydrogen-bond acceptors (Lipinski definition) is 9. The molecule has 0 aromatic carbocycles. The molecule has 0 aromatic heterocycles. The van der Waals surface area contributed by atoms with Crippen molar-refractivity contribution in [2.24, 2.45) is 11.5 Å². The summed E-state index contributed by atoms with van der Waals surface area (Å²) in [4.78, 5) is 39.0. The number of rotatable bonds is 14. The van der Waals surface area contributed by atoms with Crippen LogP contribution in [0.3, 0.4) is 0 Å². The Morgan fingerprint density at radius 3 is 0.971 bits per heavy atom. The van der Waals surface area contributed by atoms with Crippen LogP contribution in [0.5, 0.6) is 0 Å². The van der Waals surface area contributed by atoms with Crippen LogP contribution in [0.1, 0.15) is 12.8 Å². The molecule has 0 amide bonds. The number of nitrogens with one attached hydrogen (secondary N) is 2. The van der Waals surface area contributed by atoms with Crippen molar-refractivity contribution in [2.45, 2.75) is 24.9 Å². The largest absolute Gasteiger partial charge is 0 e. The van der Waals surface area contributed by atoms with Gasteiger partial charge in [-0.1, -0.05) is 0 Å². The molecule has 0 heterocycles. The van der Waals surface area contributed by atoms with E-state index in [0.29, 0.717) is 52.1 Å². The second-order valence-corrected chi connectivity index (χ2v) is 9.66. The molecule has 0 saturated heterocycles. The summed E-state index contributed by atoms with van der Waals surface area (Å²) in [6.07, 6.45) is 0.948. The summed E-state index contributed by atoms with van der Waals surface area (Å²) in [6.45, 7) is 3.48. The normalized spacial score (nSPS) is 8.17. The van der Waals surface area contributed by atoms with Crippen molar-refractivity contribution in [1.29, 1.82) is 0 Å². The van der Waals surface area contributed by atoms with Crippen LogP contribution in [-0.2, 0) is 46.2 Å². The van der Waals surface area contributed by atoms with Crippen LogP contribution in [0.15, 0.2) is 0 Å². The predicted octanol–water partition coefficient (Wildman–Crippen LogP) is -1.20. The van der Waals surface area contributed by atoms with Gasteiger partial charge in [0.05, 0.1) is 0 Å². The molecule has 0 rings (SSSR count). The molecule has 0 atom stereocenters. The van der Waals surface area contributed by atoms with E-state index in [1.54, 1.807) is 0 Å². The molecule has 0 unspecified atom stereocenters. The van der Waals surface area contributed by atoms with Gasteiger partial charge in [0.2, 0.25) is 0 Å². The van der Waals surface area contributed by atoms with Crippen molar-refractivity contribution in [1.82, 2.24) is 10.6 Å². The Hall–Kier alpha value is 8.00. The zero-order valence-corrected chi connectivity index (χ0v) is 45.6. The van der Waals surface area contributed by atoms with Crippen LogP contribution < -0.4 is 22.1 Å². The van der Waals surface area contributed by atoms with Crippen molar-refractivity contribution in [3.8, 4) is 0 Å². The van der Waals surface area contributed by atoms with Crippen LogP contribution in [-0.4, -0.2) is 202 Å². The summed E-state index contributed by atoms with van der Waals surface area (Å²) in [5, 5.41) is 6.02. The first-order chi connectivity index (χ1) is 11.8. The smallest absolute Gasteiger partial charge is 0 e. The Morgan fingerprint density at radius 2 is 0.771 bits per heavy atom. The Morgan fingerprint density at radius 1 is 0.543 bits per heavy atom. The summed E-state index contributed by atoms with van der Waals surface area (Å²) in [7, 11) is -8.05. The first-order valence-corrected chi connectivity index (χ1v) is 45.3. The molecular formula is C18H54K4N4O5Si2W2-8. The van der Waals surface area contributed by atoms with E-state index in [0.717, 1.165) is 0 Å². The molecule has 0 saturated carbocycles. The van der Waals surface area contributed by atoms with Gasteiger partial charge in [0.1, 0.15) is 0 Å². The van der Waals surface area contributed by atoms with Gasteiger partial charge >= 0.3 is 144 Å². The minimum atomic E-state index is -4.02. The molecule has 0 bridgehead atoms. The van der Waals surface area contributed by atoms with E-state index in [1.807, 2.05) is 0 Å². The number of hydrogen-bond donors (Lipinski definition) is 8. The quantitative estimate of drug-likeness (QED) is 0.0607. The van der Waals surface area contributed by atoms with E-state index in [9.17, 15) is 19.2 Å². The van der Waals surface area contributed by atoms with Crippen molar-refractivity contribution in [3.63, 3.8) is 0 Å². The van der Waals surface area contributed by atoms with Crippen molar-refractivity contribution >= 4 is 144 Å². The Labute approximate surface area is 344 Å². The van der Waals surface area contributed by atoms with E-state index >= 15 is 0 Å². The molecule has 0 fully saturated rings. The summed E-state index contributed by atoms with van der Waals surface area (Å²) in [6, 6.07) is 0.0394. The van der Waals surface area contributed by atoms with Gasteiger partial charge < -0.3 is 105 Å². The van der Waals surface area contributed by atoms with Gasteiger partial charge in [-0.05, 0) is 25.9 Å². The Bertz CT molecular complexity index is 273. The van der Waals surface area contributed by atoms with E-state index in [1.165, 1.54) is 126 Å². The summed E-state index contributed by atoms with van der Waals surface area (Å²) >= 11 is 5.00. The van der Waals surface area contributed by atoms with Gasteiger partial charge in [0.25, 0.3) is 0 Å². The van der Waals surface area contributed by atoms with Gasteiger partial charge in [-0.2, -0.15) is 0 Å². The fourth-order valence-electron chi connectivity index (χ4n) is 1.71. The standard InChI is InChI=1S/C10H30N4O5Si2.8CH3.4K.2W/c11-3-7-13-5-1-9-20(15,16)19-21(17,18)10-2-6-14-8-4-12;;;;;;;;;;;;;;/h13-18H,1-12H2;8*1H3;;;;;;/q;8*-1;;;;;;. The van der Waals surface area contributed by atoms with Crippen LogP contribution in [0.4, 0.5) is 0 Å². The third-order valence-corrected chi connectivity index (χ3v) is 7.31. The molecule has 0 aliphatic rings. The van der Waals surface area contributed by atoms with Crippen molar-refractivity contribution in [2.75, 3.05) is 39.3 Å². The maximum absolute atomic E-state index is 9.75. The van der Waals surface area contributed by atoms with E-state index in [2.05, 4.69) is 10.6 Å². The molecule has 10 N–H and O–H groups in total. The van der Waals surface area contributed by atoms with Crippen molar-refractivity contribution in [3.05, 3.63) is 59.4 Å². The van der Waals surface area contributed by atoms with Crippen molar-refractivity contribution < 1.29 is 65.4 Å². The van der Waals surface area contributed by atoms with Crippen LogP contribution in [0, 0.1) is 59.4 Å². The second-order valence-electron chi connectivity index (χ2n) is 4.87. The molecule has 208 valence electrons. The predicted molar refractivity (Wildman–Crippen MR) is 158 cm³/mol. The fraction of sp³-hybridized carbons (Fsp3) is 0.556. The average molecular weight is 987 g/mol. The molecular weight excluding hydrogens is 932 g/mol. The minimum Gasteiger partial charge on any atom is 0 e. The fourth-order valence-corrected chi connectivity index (χ4v) is 5.89. The summed E-state index contributed by atoms with van der Waals surface area (Å²) in [5.41, 5.74) is 10.6. The molecule has 0 radical (unpaired) electrons. The second kappa shape index (κ2) is 64.8.